The molecule has 0 aliphatic rings. The first-order valence-corrected chi connectivity index (χ1v) is 6.05. The van der Waals surface area contributed by atoms with Gasteiger partial charge in [-0.3, -0.25) is 0 Å². The molecule has 7 heteroatoms. The Kier molecular flexibility index (Phi) is 4.05. The second-order valence-corrected chi connectivity index (χ2v) is 4.43. The predicted molar refractivity (Wildman–Crippen MR) is 75.0 cm³/mol. The quantitative estimate of drug-likeness (QED) is 0.901. The Bertz CT molecular complexity index is 644. The number of anilines is 2. The summed E-state index contributed by atoms with van der Waals surface area (Å²) in [5.41, 5.74) is 1.44. The van der Waals surface area contributed by atoms with E-state index in [2.05, 4.69) is 15.3 Å². The van der Waals surface area contributed by atoms with Gasteiger partial charge in [-0.15, -0.1) is 0 Å². The van der Waals surface area contributed by atoms with Crippen LogP contribution in [-0.4, -0.2) is 28.2 Å². The van der Waals surface area contributed by atoms with Gasteiger partial charge < -0.3 is 15.2 Å². The summed E-state index contributed by atoms with van der Waals surface area (Å²) in [5, 5.41) is 12.4. The minimum atomic E-state index is -1.12. The molecule has 0 saturated carbocycles. The maximum absolute atomic E-state index is 10.7. The number of rotatable bonds is 4. The minimum absolute atomic E-state index is 0.116. The molecule has 1 aromatic heterocycles. The number of methoxy groups -OCH3 is 1. The van der Waals surface area contributed by atoms with Gasteiger partial charge in [0.2, 0.25) is 0 Å². The molecule has 0 amide bonds. The van der Waals surface area contributed by atoms with Gasteiger partial charge in [-0.25, -0.2) is 14.8 Å². The van der Waals surface area contributed by atoms with Crippen LogP contribution in [0.2, 0.25) is 5.02 Å². The Hall–Kier alpha value is -2.34. The number of hydrogen-bond acceptors (Lipinski definition) is 5. The Morgan fingerprint density at radius 1 is 1.35 bits per heavy atom. The monoisotopic (exact) mass is 293 g/mol. The lowest BCUT2D eigenvalue weighted by atomic mass is 10.2. The molecule has 0 fully saturated rings. The summed E-state index contributed by atoms with van der Waals surface area (Å²) < 4.78 is 5.23. The lowest BCUT2D eigenvalue weighted by Crippen LogP contribution is -2.03. The van der Waals surface area contributed by atoms with Gasteiger partial charge in [-0.05, 0) is 18.6 Å². The Morgan fingerprint density at radius 2 is 2.10 bits per heavy atom. The zero-order valence-corrected chi connectivity index (χ0v) is 11.6. The van der Waals surface area contributed by atoms with Crippen LogP contribution < -0.4 is 10.1 Å². The SMILES string of the molecule is COc1cc(Cl)c(C)cc1Nc1cnc(C(=O)O)cn1. The van der Waals surface area contributed by atoms with Crippen LogP contribution in [0.5, 0.6) is 5.75 Å². The Balaban J connectivity index is 2.29. The molecule has 0 unspecified atom stereocenters. The molecule has 20 heavy (non-hydrogen) atoms. The van der Waals surface area contributed by atoms with E-state index in [1.165, 1.54) is 19.5 Å². The van der Waals surface area contributed by atoms with E-state index < -0.39 is 5.97 Å². The summed E-state index contributed by atoms with van der Waals surface area (Å²) in [4.78, 5) is 18.5. The van der Waals surface area contributed by atoms with Crippen LogP contribution in [0.25, 0.3) is 0 Å². The molecule has 0 saturated heterocycles. The first-order valence-electron chi connectivity index (χ1n) is 5.67. The van der Waals surface area contributed by atoms with Crippen molar-refractivity contribution in [3.8, 4) is 5.75 Å². The summed E-state index contributed by atoms with van der Waals surface area (Å²) in [6.45, 7) is 1.87. The largest absolute Gasteiger partial charge is 0.495 e. The number of aromatic nitrogens is 2. The van der Waals surface area contributed by atoms with Crippen LogP contribution in [0, 0.1) is 6.92 Å². The van der Waals surface area contributed by atoms with Gasteiger partial charge in [0, 0.05) is 11.1 Å². The standard InChI is InChI=1S/C13H12ClN3O3/c1-7-3-9(11(20-2)4-8(7)14)17-12-6-15-10(5-16-12)13(18)19/h3-6H,1-2H3,(H,16,17)(H,18,19). The van der Waals surface area contributed by atoms with E-state index in [1.54, 1.807) is 6.07 Å². The van der Waals surface area contributed by atoms with Gasteiger partial charge in [0.25, 0.3) is 0 Å². The molecule has 6 nitrogen and oxygen atoms in total. The van der Waals surface area contributed by atoms with Crippen LogP contribution >= 0.6 is 11.6 Å². The Labute approximate surface area is 120 Å². The van der Waals surface area contributed by atoms with Gasteiger partial charge >= 0.3 is 5.97 Å². The van der Waals surface area contributed by atoms with E-state index in [0.29, 0.717) is 22.3 Å². The van der Waals surface area contributed by atoms with Crippen LogP contribution in [0.3, 0.4) is 0 Å². The number of nitrogens with zero attached hydrogens (tertiary/aromatic N) is 2. The van der Waals surface area contributed by atoms with Crippen LogP contribution in [0.15, 0.2) is 24.5 Å². The van der Waals surface area contributed by atoms with Gasteiger partial charge in [-0.1, -0.05) is 11.6 Å². The third-order valence-electron chi connectivity index (χ3n) is 2.61. The van der Waals surface area contributed by atoms with Crippen molar-refractivity contribution in [2.75, 3.05) is 12.4 Å². The second kappa shape index (κ2) is 5.75. The lowest BCUT2D eigenvalue weighted by Gasteiger charge is -2.12. The molecule has 0 aliphatic heterocycles. The van der Waals surface area contributed by atoms with Crippen molar-refractivity contribution < 1.29 is 14.6 Å². The zero-order chi connectivity index (χ0) is 14.7. The highest BCUT2D eigenvalue weighted by Crippen LogP contribution is 2.32. The smallest absolute Gasteiger partial charge is 0.356 e. The topological polar surface area (TPSA) is 84.3 Å². The highest BCUT2D eigenvalue weighted by Gasteiger charge is 2.09. The molecule has 1 aromatic carbocycles. The Morgan fingerprint density at radius 3 is 2.65 bits per heavy atom. The van der Waals surface area contributed by atoms with E-state index in [1.807, 2.05) is 13.0 Å². The fourth-order valence-corrected chi connectivity index (χ4v) is 1.72. The fourth-order valence-electron chi connectivity index (χ4n) is 1.57. The average molecular weight is 294 g/mol. The van der Waals surface area contributed by atoms with Crippen molar-refractivity contribution >= 4 is 29.1 Å². The third kappa shape index (κ3) is 2.97. The zero-order valence-electron chi connectivity index (χ0n) is 10.8. The summed E-state index contributed by atoms with van der Waals surface area (Å²) in [5.74, 6) is -0.149. The maximum atomic E-state index is 10.7. The molecule has 2 rings (SSSR count). The number of halogens is 1. The molecule has 0 radical (unpaired) electrons. The number of benzene rings is 1. The van der Waals surface area contributed by atoms with Crippen molar-refractivity contribution in [2.45, 2.75) is 6.92 Å². The number of aryl methyl sites for hydroxylation is 1. The number of nitrogens with one attached hydrogen (secondary N) is 1. The molecule has 2 N–H and O–H groups in total. The maximum Gasteiger partial charge on any atom is 0.356 e. The van der Waals surface area contributed by atoms with Crippen LogP contribution in [-0.2, 0) is 0 Å². The van der Waals surface area contributed by atoms with Gasteiger partial charge in [0.05, 0.1) is 25.2 Å². The third-order valence-corrected chi connectivity index (χ3v) is 3.02. The van der Waals surface area contributed by atoms with E-state index in [-0.39, 0.29) is 5.69 Å². The van der Waals surface area contributed by atoms with Gasteiger partial charge in [0.15, 0.2) is 5.69 Å². The number of carboxylic acids is 1. The lowest BCUT2D eigenvalue weighted by molar-refractivity contribution is 0.0690. The van der Waals surface area contributed by atoms with Crippen molar-refractivity contribution in [3.05, 3.63) is 40.8 Å². The second-order valence-electron chi connectivity index (χ2n) is 4.02. The van der Waals surface area contributed by atoms with Gasteiger partial charge in [0.1, 0.15) is 11.6 Å². The number of aromatic carboxylic acids is 1. The molecule has 0 aliphatic carbocycles. The minimum Gasteiger partial charge on any atom is -0.495 e. The molecule has 104 valence electrons. The van der Waals surface area contributed by atoms with Crippen molar-refractivity contribution in [3.63, 3.8) is 0 Å². The molecular formula is C13H12ClN3O3. The summed E-state index contributed by atoms with van der Waals surface area (Å²) in [6, 6.07) is 3.51. The van der Waals surface area contributed by atoms with Gasteiger partial charge in [-0.2, -0.15) is 0 Å². The molecule has 0 spiro atoms. The molecule has 0 atom stereocenters. The van der Waals surface area contributed by atoms with Crippen molar-refractivity contribution in [2.24, 2.45) is 0 Å². The number of carboxylic acid groups (broad SMARTS) is 1. The fraction of sp³-hybridized carbons (Fsp3) is 0.154. The summed E-state index contributed by atoms with van der Waals surface area (Å²) in [6.07, 6.45) is 2.52. The summed E-state index contributed by atoms with van der Waals surface area (Å²) in [7, 11) is 1.53. The van der Waals surface area contributed by atoms with Crippen LogP contribution in [0.4, 0.5) is 11.5 Å². The van der Waals surface area contributed by atoms with E-state index in [9.17, 15) is 4.79 Å². The number of carbonyl (C=O) groups is 1. The molecule has 1 heterocycles. The predicted octanol–water partition coefficient (Wildman–Crippen LogP) is 2.89. The number of hydrogen-bond donors (Lipinski definition) is 2. The normalized spacial score (nSPS) is 10.2. The first kappa shape index (κ1) is 14.1. The molecule has 2 aromatic rings. The molecule has 0 bridgehead atoms. The van der Waals surface area contributed by atoms with Crippen LogP contribution in [0.1, 0.15) is 16.1 Å². The van der Waals surface area contributed by atoms with E-state index >= 15 is 0 Å². The summed E-state index contributed by atoms with van der Waals surface area (Å²) >= 11 is 6.02. The van der Waals surface area contributed by atoms with E-state index in [0.717, 1.165) is 5.56 Å². The molecular weight excluding hydrogens is 282 g/mol. The average Bonchev–Trinajstić information content (AvgIpc) is 2.43. The highest BCUT2D eigenvalue weighted by atomic mass is 35.5. The van der Waals surface area contributed by atoms with Crippen molar-refractivity contribution in [1.82, 2.24) is 9.97 Å². The van der Waals surface area contributed by atoms with E-state index in [4.69, 9.17) is 21.4 Å². The van der Waals surface area contributed by atoms with Crippen molar-refractivity contribution in [1.29, 1.82) is 0 Å². The number of ether oxygens (including phenoxy) is 1. The highest BCUT2D eigenvalue weighted by molar-refractivity contribution is 6.31. The first-order chi connectivity index (χ1) is 9.51.